The molecule has 5 rings (SSSR count). The molecule has 0 aliphatic heterocycles. The minimum Gasteiger partial charge on any atom is -0.494 e. The van der Waals surface area contributed by atoms with E-state index < -0.39 is 15.8 Å². The zero-order chi connectivity index (χ0) is 27.9. The lowest BCUT2D eigenvalue weighted by Gasteiger charge is -2.19. The number of carboxylic acid groups (broad SMARTS) is 1. The first-order valence-electron chi connectivity index (χ1n) is 13.1. The van der Waals surface area contributed by atoms with Crippen LogP contribution in [-0.4, -0.2) is 48.1 Å². The smallest absolute Gasteiger partial charge is 0.307 e. The molecule has 2 aliphatic rings. The van der Waals surface area contributed by atoms with E-state index in [2.05, 4.69) is 15.3 Å². The third-order valence-corrected chi connectivity index (χ3v) is 8.55. The van der Waals surface area contributed by atoms with Gasteiger partial charge in [0.05, 0.1) is 42.4 Å². The van der Waals surface area contributed by atoms with Gasteiger partial charge < -0.3 is 15.2 Å². The lowest BCUT2D eigenvalue weighted by molar-refractivity contribution is -0.138. The van der Waals surface area contributed by atoms with Crippen LogP contribution in [-0.2, 0) is 21.1 Å². The van der Waals surface area contributed by atoms with E-state index in [1.807, 2.05) is 32.0 Å². The molecule has 206 valence electrons. The van der Waals surface area contributed by atoms with Crippen LogP contribution in [0.25, 0.3) is 11.1 Å². The number of aryl methyl sites for hydroxylation is 2. The number of fused-ring (bicyclic) bond motifs is 1. The van der Waals surface area contributed by atoms with E-state index in [-0.39, 0.29) is 29.4 Å². The molecule has 2 N–H and O–H groups in total. The number of sulfone groups is 1. The molecular weight excluding hydrogens is 521 g/mol. The first-order chi connectivity index (χ1) is 18.5. The van der Waals surface area contributed by atoms with Crippen molar-refractivity contribution < 1.29 is 27.4 Å². The number of aliphatic carboxylic acids is 1. The molecule has 8 nitrogen and oxygen atoms in total. The van der Waals surface area contributed by atoms with Gasteiger partial charge in [0, 0.05) is 17.7 Å². The van der Waals surface area contributed by atoms with Crippen molar-refractivity contribution in [3.05, 3.63) is 70.4 Å². The van der Waals surface area contributed by atoms with Gasteiger partial charge in [-0.1, -0.05) is 6.07 Å². The maximum Gasteiger partial charge on any atom is 0.307 e. The SMILES string of the molecule is Cc1cc(OCCCS(C)(=O)=O)cc(C)c1-c1ccc(F)c2c1CC[C@H]2Nc1cnc([C@@H]2C[C@H]2C(=O)O)cn1. The molecule has 0 spiro atoms. The average Bonchev–Trinajstić information content (AvgIpc) is 3.57. The van der Waals surface area contributed by atoms with Gasteiger partial charge in [0.1, 0.15) is 27.2 Å². The molecule has 0 radical (unpaired) electrons. The molecule has 0 bridgehead atoms. The van der Waals surface area contributed by atoms with Crippen molar-refractivity contribution in [2.45, 2.75) is 51.5 Å². The summed E-state index contributed by atoms with van der Waals surface area (Å²) in [7, 11) is -3.02. The summed E-state index contributed by atoms with van der Waals surface area (Å²) in [5.41, 5.74) is 6.29. The highest BCUT2D eigenvalue weighted by Crippen LogP contribution is 2.47. The number of carbonyl (C=O) groups is 1. The Labute approximate surface area is 227 Å². The third kappa shape index (κ3) is 5.90. The highest BCUT2D eigenvalue weighted by molar-refractivity contribution is 7.90. The van der Waals surface area contributed by atoms with Crippen molar-refractivity contribution >= 4 is 21.6 Å². The average molecular weight is 554 g/mol. The number of hydrogen-bond acceptors (Lipinski definition) is 7. The van der Waals surface area contributed by atoms with E-state index >= 15 is 4.39 Å². The van der Waals surface area contributed by atoms with Crippen molar-refractivity contribution in [3.8, 4) is 16.9 Å². The molecule has 39 heavy (non-hydrogen) atoms. The number of aromatic nitrogens is 2. The van der Waals surface area contributed by atoms with Crippen LogP contribution in [0.3, 0.4) is 0 Å². The number of carboxylic acids is 1. The van der Waals surface area contributed by atoms with Crippen LogP contribution in [0.15, 0.2) is 36.7 Å². The van der Waals surface area contributed by atoms with Crippen LogP contribution in [0.1, 0.15) is 59.2 Å². The van der Waals surface area contributed by atoms with Crippen LogP contribution < -0.4 is 10.1 Å². The lowest BCUT2D eigenvalue weighted by Crippen LogP contribution is -2.11. The van der Waals surface area contributed by atoms with Crippen LogP contribution >= 0.6 is 0 Å². The minimum absolute atomic E-state index is 0.0847. The molecule has 0 unspecified atom stereocenters. The van der Waals surface area contributed by atoms with E-state index in [1.54, 1.807) is 12.4 Å². The Morgan fingerprint density at radius 2 is 1.92 bits per heavy atom. The van der Waals surface area contributed by atoms with Gasteiger partial charge in [0.15, 0.2) is 0 Å². The molecule has 1 aromatic heterocycles. The number of nitrogens with zero attached hydrogens (tertiary/aromatic N) is 2. The Balaban J connectivity index is 1.33. The number of benzene rings is 2. The normalized spacial score (nSPS) is 19.9. The van der Waals surface area contributed by atoms with Gasteiger partial charge in [-0.2, -0.15) is 0 Å². The predicted octanol–water partition coefficient (Wildman–Crippen LogP) is 5.00. The summed E-state index contributed by atoms with van der Waals surface area (Å²) in [5.74, 6) is -0.262. The van der Waals surface area contributed by atoms with Crippen molar-refractivity contribution in [1.82, 2.24) is 9.97 Å². The van der Waals surface area contributed by atoms with Crippen LogP contribution in [0.5, 0.6) is 5.75 Å². The van der Waals surface area contributed by atoms with Crippen LogP contribution in [0.4, 0.5) is 10.2 Å². The fourth-order valence-corrected chi connectivity index (χ4v) is 6.26. The van der Waals surface area contributed by atoms with E-state index in [4.69, 9.17) is 9.84 Å². The number of rotatable bonds is 10. The number of anilines is 1. The maximum atomic E-state index is 15.2. The zero-order valence-corrected chi connectivity index (χ0v) is 23.0. The van der Waals surface area contributed by atoms with Gasteiger partial charge >= 0.3 is 5.97 Å². The zero-order valence-electron chi connectivity index (χ0n) is 22.2. The Bertz CT molecular complexity index is 1500. The third-order valence-electron chi connectivity index (χ3n) is 7.52. The molecule has 1 saturated carbocycles. The van der Waals surface area contributed by atoms with Gasteiger partial charge in [0.25, 0.3) is 0 Å². The van der Waals surface area contributed by atoms with Gasteiger partial charge in [-0.25, -0.2) is 17.8 Å². The number of halogens is 1. The van der Waals surface area contributed by atoms with Crippen molar-refractivity contribution in [2.75, 3.05) is 23.9 Å². The summed E-state index contributed by atoms with van der Waals surface area (Å²) >= 11 is 0. The highest BCUT2D eigenvalue weighted by Gasteiger charge is 2.45. The Morgan fingerprint density at radius 3 is 2.54 bits per heavy atom. The quantitative estimate of drug-likeness (QED) is 0.337. The van der Waals surface area contributed by atoms with Crippen LogP contribution in [0.2, 0.25) is 0 Å². The van der Waals surface area contributed by atoms with Crippen molar-refractivity contribution in [3.63, 3.8) is 0 Å². The van der Waals surface area contributed by atoms with E-state index in [0.717, 1.165) is 27.8 Å². The fourth-order valence-electron chi connectivity index (χ4n) is 5.61. The summed E-state index contributed by atoms with van der Waals surface area (Å²) < 4.78 is 43.7. The molecule has 3 atom stereocenters. The standard InChI is InChI=1S/C29H32FN3O5S/c1-16-11-18(38-9-4-10-39(3,36)37)12-17(2)27(16)19-5-7-23(30)28-20(19)6-8-24(28)33-26-15-31-25(14-32-26)21-13-22(21)29(34)35/h5,7,11-12,14-15,21-22,24H,4,6,8-10,13H2,1-3H3,(H,32,33)(H,34,35)/t21-,22-,24-/m1/s1. The summed E-state index contributed by atoms with van der Waals surface area (Å²) in [4.78, 5) is 20.0. The first kappa shape index (κ1) is 27.1. The molecular formula is C29H32FN3O5S. The van der Waals surface area contributed by atoms with E-state index in [0.29, 0.717) is 55.1 Å². The van der Waals surface area contributed by atoms with Gasteiger partial charge in [0.2, 0.25) is 0 Å². The first-order valence-corrected chi connectivity index (χ1v) is 15.1. The van der Waals surface area contributed by atoms with E-state index in [9.17, 15) is 13.2 Å². The lowest BCUT2D eigenvalue weighted by atomic mass is 9.90. The summed E-state index contributed by atoms with van der Waals surface area (Å²) in [6.45, 7) is 4.31. The van der Waals surface area contributed by atoms with Crippen molar-refractivity contribution in [1.29, 1.82) is 0 Å². The highest BCUT2D eigenvalue weighted by atomic mass is 32.2. The monoisotopic (exact) mass is 553 g/mol. The topological polar surface area (TPSA) is 118 Å². The predicted molar refractivity (Wildman–Crippen MR) is 146 cm³/mol. The summed E-state index contributed by atoms with van der Waals surface area (Å²) in [6.07, 6.45) is 6.83. The number of ether oxygens (including phenoxy) is 1. The molecule has 10 heteroatoms. The number of nitrogens with one attached hydrogen (secondary N) is 1. The molecule has 3 aromatic rings. The Kier molecular flexibility index (Phi) is 7.33. The summed E-state index contributed by atoms with van der Waals surface area (Å²) in [5, 5.41) is 12.5. The van der Waals surface area contributed by atoms with Crippen LogP contribution in [0, 0.1) is 25.6 Å². The molecule has 1 heterocycles. The molecule has 0 saturated heterocycles. The Morgan fingerprint density at radius 1 is 1.18 bits per heavy atom. The van der Waals surface area contributed by atoms with Gasteiger partial charge in [-0.15, -0.1) is 0 Å². The van der Waals surface area contributed by atoms with Gasteiger partial charge in [-0.3, -0.25) is 9.78 Å². The molecule has 2 aliphatic carbocycles. The minimum atomic E-state index is -3.02. The Hall–Kier alpha value is -3.53. The second-order valence-electron chi connectivity index (χ2n) is 10.6. The maximum absolute atomic E-state index is 15.2. The molecule has 0 amide bonds. The fraction of sp³-hybridized carbons (Fsp3) is 0.414. The van der Waals surface area contributed by atoms with Crippen molar-refractivity contribution in [2.24, 2.45) is 5.92 Å². The summed E-state index contributed by atoms with van der Waals surface area (Å²) in [6, 6.07) is 6.97. The second-order valence-corrected chi connectivity index (χ2v) is 12.9. The number of hydrogen-bond donors (Lipinski definition) is 2. The molecule has 1 fully saturated rings. The van der Waals surface area contributed by atoms with E-state index in [1.165, 1.54) is 12.3 Å². The largest absolute Gasteiger partial charge is 0.494 e. The molecule has 2 aromatic carbocycles. The van der Waals surface area contributed by atoms with Gasteiger partial charge in [-0.05, 0) is 85.5 Å². The second kappa shape index (κ2) is 10.6.